The minimum absolute atomic E-state index is 0.283. The van der Waals surface area contributed by atoms with Gasteiger partial charge in [-0.2, -0.15) is 0 Å². The predicted molar refractivity (Wildman–Crippen MR) is 108 cm³/mol. The third-order valence-corrected chi connectivity index (χ3v) is 5.42. The summed E-state index contributed by atoms with van der Waals surface area (Å²) in [5.74, 6) is -0.0964. The lowest BCUT2D eigenvalue weighted by Crippen LogP contribution is -2.28. The van der Waals surface area contributed by atoms with Gasteiger partial charge in [-0.25, -0.2) is 4.79 Å². The highest BCUT2D eigenvalue weighted by Gasteiger charge is 2.23. The molecule has 0 saturated carbocycles. The number of rotatable bonds is 5. The molecule has 1 atom stereocenters. The van der Waals surface area contributed by atoms with Gasteiger partial charge in [0.2, 0.25) is 0 Å². The van der Waals surface area contributed by atoms with Crippen LogP contribution in [-0.2, 0) is 4.74 Å². The van der Waals surface area contributed by atoms with Gasteiger partial charge in [0.15, 0.2) is 0 Å². The van der Waals surface area contributed by atoms with Gasteiger partial charge in [0.1, 0.15) is 22.3 Å². The summed E-state index contributed by atoms with van der Waals surface area (Å²) in [6.07, 6.45) is 0. The average Bonchev–Trinajstić information content (AvgIpc) is 3.39. The fourth-order valence-corrected chi connectivity index (χ4v) is 3.81. The number of furan rings is 1. The number of methoxy groups -OCH3 is 1. The Labute approximate surface area is 165 Å². The monoisotopic (exact) mass is 391 g/mol. The van der Waals surface area contributed by atoms with E-state index < -0.39 is 12.0 Å². The highest BCUT2D eigenvalue weighted by atomic mass is 32.1. The molecule has 0 bridgehead atoms. The molecule has 5 nitrogen and oxygen atoms in total. The fourth-order valence-electron chi connectivity index (χ4n) is 2.98. The number of amides is 1. The van der Waals surface area contributed by atoms with E-state index in [-0.39, 0.29) is 5.91 Å². The van der Waals surface area contributed by atoms with E-state index in [4.69, 9.17) is 9.15 Å². The molecule has 1 unspecified atom stereocenters. The molecule has 0 fully saturated rings. The Morgan fingerprint density at radius 3 is 2.43 bits per heavy atom. The number of esters is 1. The molecular formula is C22H17NO4S. The highest BCUT2D eigenvalue weighted by Crippen LogP contribution is 2.29. The zero-order valence-corrected chi connectivity index (χ0v) is 15.9. The molecule has 4 rings (SSSR count). The quantitative estimate of drug-likeness (QED) is 0.496. The topological polar surface area (TPSA) is 68.5 Å². The number of hydrogen-bond acceptors (Lipinski definition) is 5. The van der Waals surface area contributed by atoms with Crippen LogP contribution in [0.2, 0.25) is 0 Å². The molecule has 0 spiro atoms. The van der Waals surface area contributed by atoms with Crippen LogP contribution >= 0.6 is 11.3 Å². The first kappa shape index (κ1) is 18.0. The largest absolute Gasteiger partial charge is 0.465 e. The van der Waals surface area contributed by atoms with Gasteiger partial charge >= 0.3 is 5.97 Å². The third kappa shape index (κ3) is 3.54. The lowest BCUT2D eigenvalue weighted by molar-refractivity contribution is 0.0606. The van der Waals surface area contributed by atoms with Gasteiger partial charge in [-0.15, -0.1) is 11.3 Å². The summed E-state index contributed by atoms with van der Waals surface area (Å²) < 4.78 is 10.7. The number of fused-ring (bicyclic) bond motifs is 1. The van der Waals surface area contributed by atoms with Gasteiger partial charge in [-0.3, -0.25) is 4.79 Å². The molecule has 6 heteroatoms. The smallest absolute Gasteiger partial charge is 0.348 e. The maximum Gasteiger partial charge on any atom is 0.348 e. The van der Waals surface area contributed by atoms with Crippen LogP contribution in [-0.4, -0.2) is 19.0 Å². The Balaban J connectivity index is 1.67. The van der Waals surface area contributed by atoms with Crippen LogP contribution in [0.25, 0.3) is 11.0 Å². The van der Waals surface area contributed by atoms with Crippen LogP contribution in [0.4, 0.5) is 0 Å². The van der Waals surface area contributed by atoms with E-state index in [0.29, 0.717) is 15.5 Å². The summed E-state index contributed by atoms with van der Waals surface area (Å²) in [6.45, 7) is 0. The van der Waals surface area contributed by atoms with Gasteiger partial charge in [0, 0.05) is 5.39 Å². The van der Waals surface area contributed by atoms with E-state index >= 15 is 0 Å². The maximum absolute atomic E-state index is 12.8. The molecule has 140 valence electrons. The molecule has 1 N–H and O–H groups in total. The van der Waals surface area contributed by atoms with Gasteiger partial charge < -0.3 is 14.5 Å². The van der Waals surface area contributed by atoms with Crippen molar-refractivity contribution in [1.82, 2.24) is 5.32 Å². The van der Waals surface area contributed by atoms with Crippen LogP contribution < -0.4 is 5.32 Å². The van der Waals surface area contributed by atoms with E-state index in [0.717, 1.165) is 27.9 Å². The first-order valence-electron chi connectivity index (χ1n) is 8.68. The third-order valence-electron chi connectivity index (χ3n) is 4.35. The zero-order valence-electron chi connectivity index (χ0n) is 15.0. The van der Waals surface area contributed by atoms with E-state index in [1.54, 1.807) is 12.1 Å². The number of carbonyl (C=O) groups excluding carboxylic acids is 2. The minimum atomic E-state index is -0.457. The van der Waals surface area contributed by atoms with Crippen LogP contribution in [0.5, 0.6) is 0 Å². The second kappa shape index (κ2) is 7.70. The standard InChI is InChI=1S/C22H17NO4S/c1-26-22(25)19-12-11-18(28-19)21(24)23-20(14-7-3-2-4-8-14)17-13-15-9-5-6-10-16(15)27-17/h2-13,20H,1H3,(H,23,24). The van der Waals surface area contributed by atoms with Crippen molar-refractivity contribution in [2.45, 2.75) is 6.04 Å². The van der Waals surface area contributed by atoms with Crippen LogP contribution in [0.3, 0.4) is 0 Å². The van der Waals surface area contributed by atoms with Crippen molar-refractivity contribution in [3.63, 3.8) is 0 Å². The number of hydrogen-bond donors (Lipinski definition) is 1. The van der Waals surface area contributed by atoms with Crippen molar-refractivity contribution in [2.24, 2.45) is 0 Å². The van der Waals surface area contributed by atoms with Gasteiger partial charge in [-0.1, -0.05) is 48.5 Å². The molecule has 28 heavy (non-hydrogen) atoms. The molecule has 2 aromatic carbocycles. The molecule has 2 heterocycles. The predicted octanol–water partition coefficient (Wildman–Crippen LogP) is 4.80. The lowest BCUT2D eigenvalue weighted by atomic mass is 10.0. The fraction of sp³-hybridized carbons (Fsp3) is 0.0909. The second-order valence-corrected chi connectivity index (χ2v) is 7.24. The molecule has 2 aromatic heterocycles. The number of para-hydroxylation sites is 1. The average molecular weight is 391 g/mol. The SMILES string of the molecule is COC(=O)c1ccc(C(=O)NC(c2ccccc2)c2cc3ccccc3o2)s1. The van der Waals surface area contributed by atoms with Crippen molar-refractivity contribution < 1.29 is 18.7 Å². The van der Waals surface area contributed by atoms with Crippen molar-refractivity contribution in [3.8, 4) is 0 Å². The summed E-state index contributed by atoms with van der Waals surface area (Å²) >= 11 is 1.09. The van der Waals surface area contributed by atoms with Gasteiger partial charge in [0.05, 0.1) is 12.0 Å². The van der Waals surface area contributed by atoms with Crippen molar-refractivity contribution in [1.29, 1.82) is 0 Å². The summed E-state index contributed by atoms with van der Waals surface area (Å²) in [5, 5.41) is 3.99. The highest BCUT2D eigenvalue weighted by molar-refractivity contribution is 7.15. The number of thiophene rings is 1. The minimum Gasteiger partial charge on any atom is -0.465 e. The normalized spacial score (nSPS) is 11.9. The summed E-state index contributed by atoms with van der Waals surface area (Å²) in [6, 6.07) is 22.0. The van der Waals surface area contributed by atoms with Crippen LogP contribution in [0.1, 0.15) is 36.7 Å². The zero-order chi connectivity index (χ0) is 19.5. The molecule has 4 aromatic rings. The lowest BCUT2D eigenvalue weighted by Gasteiger charge is -2.16. The van der Waals surface area contributed by atoms with Crippen molar-refractivity contribution >= 4 is 34.2 Å². The Bertz CT molecular complexity index is 1100. The number of carbonyl (C=O) groups is 2. The number of nitrogens with one attached hydrogen (secondary N) is 1. The van der Waals surface area contributed by atoms with Crippen molar-refractivity contribution in [3.05, 3.63) is 93.9 Å². The van der Waals surface area contributed by atoms with Crippen LogP contribution in [0, 0.1) is 0 Å². The summed E-state index contributed by atoms with van der Waals surface area (Å²) in [5.41, 5.74) is 1.66. The molecule has 0 saturated heterocycles. The first-order chi connectivity index (χ1) is 13.7. The Morgan fingerprint density at radius 1 is 0.964 bits per heavy atom. The first-order valence-corrected chi connectivity index (χ1v) is 9.50. The molecule has 0 aliphatic carbocycles. The Kier molecular flexibility index (Phi) is 4.95. The van der Waals surface area contributed by atoms with E-state index in [1.165, 1.54) is 7.11 Å². The summed E-state index contributed by atoms with van der Waals surface area (Å²) in [4.78, 5) is 25.3. The Hall–Kier alpha value is -3.38. The maximum atomic E-state index is 12.8. The van der Waals surface area contributed by atoms with Gasteiger partial charge in [-0.05, 0) is 29.8 Å². The molecule has 1 amide bonds. The molecular weight excluding hydrogens is 374 g/mol. The second-order valence-electron chi connectivity index (χ2n) is 6.16. The van der Waals surface area contributed by atoms with E-state index in [2.05, 4.69) is 5.32 Å². The van der Waals surface area contributed by atoms with E-state index in [9.17, 15) is 9.59 Å². The Morgan fingerprint density at radius 2 is 1.68 bits per heavy atom. The van der Waals surface area contributed by atoms with Gasteiger partial charge in [0.25, 0.3) is 5.91 Å². The number of benzene rings is 2. The summed E-state index contributed by atoms with van der Waals surface area (Å²) in [7, 11) is 1.31. The van der Waals surface area contributed by atoms with E-state index in [1.807, 2.05) is 60.7 Å². The van der Waals surface area contributed by atoms with Crippen LogP contribution in [0.15, 0.2) is 77.2 Å². The number of ether oxygens (including phenoxy) is 1. The van der Waals surface area contributed by atoms with Crippen molar-refractivity contribution in [2.75, 3.05) is 7.11 Å². The molecule has 0 radical (unpaired) electrons. The molecule has 0 aliphatic rings. The molecule has 0 aliphatic heterocycles.